The fraction of sp³-hybridized carbons (Fsp3) is 0.387. The van der Waals surface area contributed by atoms with Gasteiger partial charge in [-0.2, -0.15) is 0 Å². The predicted octanol–water partition coefficient (Wildman–Crippen LogP) is 7.84. The highest BCUT2D eigenvalue weighted by atomic mass is 16.5. The summed E-state index contributed by atoms with van der Waals surface area (Å²) in [5.41, 5.74) is 6.56. The SMILES string of the molecule is COc1cc(OC)c2c(c1)N(CC=C(C)CCC=C(C)CCC=C(C)C)C(=O)c1cccc(OC)c1N2. The highest BCUT2D eigenvalue weighted by molar-refractivity contribution is 6.15. The Hall–Kier alpha value is -3.67. The lowest BCUT2D eigenvalue weighted by molar-refractivity contribution is 0.0991. The van der Waals surface area contributed by atoms with Crippen LogP contribution in [0.1, 0.15) is 63.7 Å². The standard InChI is InChI=1S/C31H40N2O4/c1-21(2)11-8-12-22(3)13-9-14-23(4)17-18-33-26-19-24(35-5)20-28(37-7)30(26)32-29-25(31(33)34)15-10-16-27(29)36-6/h10-11,13,15-17,19-20,32H,8-9,12,14,18H2,1-7H3. The predicted molar refractivity (Wildman–Crippen MR) is 153 cm³/mol. The third kappa shape index (κ3) is 6.97. The maximum absolute atomic E-state index is 13.8. The van der Waals surface area contributed by atoms with Crippen molar-refractivity contribution in [1.82, 2.24) is 0 Å². The van der Waals surface area contributed by atoms with Gasteiger partial charge < -0.3 is 24.4 Å². The van der Waals surface area contributed by atoms with Gasteiger partial charge in [-0.15, -0.1) is 0 Å². The largest absolute Gasteiger partial charge is 0.497 e. The molecule has 6 heteroatoms. The summed E-state index contributed by atoms with van der Waals surface area (Å²) in [5, 5.41) is 3.41. The lowest BCUT2D eigenvalue weighted by Crippen LogP contribution is -2.30. The summed E-state index contributed by atoms with van der Waals surface area (Å²) in [5.74, 6) is 1.67. The molecule has 0 radical (unpaired) electrons. The van der Waals surface area contributed by atoms with Crippen LogP contribution in [0.2, 0.25) is 0 Å². The second-order valence-corrected chi connectivity index (χ2v) is 9.61. The molecule has 1 aliphatic heterocycles. The lowest BCUT2D eigenvalue weighted by Gasteiger charge is -2.23. The number of nitrogens with zero attached hydrogens (tertiary/aromatic N) is 1. The summed E-state index contributed by atoms with van der Waals surface area (Å²) in [6.07, 6.45) is 10.8. The Balaban J connectivity index is 1.88. The molecule has 1 amide bonds. The Bertz CT molecular complexity index is 1210. The zero-order chi connectivity index (χ0) is 26.9. The van der Waals surface area contributed by atoms with Crippen LogP contribution < -0.4 is 24.4 Å². The van der Waals surface area contributed by atoms with Crippen LogP contribution >= 0.6 is 0 Å². The molecule has 1 N–H and O–H groups in total. The van der Waals surface area contributed by atoms with E-state index in [1.165, 1.54) is 16.7 Å². The van der Waals surface area contributed by atoms with Crippen molar-refractivity contribution in [3.05, 3.63) is 70.8 Å². The van der Waals surface area contributed by atoms with Crippen LogP contribution in [0.3, 0.4) is 0 Å². The first kappa shape index (κ1) is 27.9. The van der Waals surface area contributed by atoms with Crippen molar-refractivity contribution in [2.45, 2.75) is 53.4 Å². The molecular weight excluding hydrogens is 464 g/mol. The van der Waals surface area contributed by atoms with E-state index in [2.05, 4.69) is 51.2 Å². The van der Waals surface area contributed by atoms with Gasteiger partial charge in [-0.05, 0) is 65.5 Å². The van der Waals surface area contributed by atoms with Gasteiger partial charge in [-0.1, -0.05) is 41.0 Å². The number of fused-ring (bicyclic) bond motifs is 2. The molecule has 0 saturated carbocycles. The Morgan fingerprint density at radius 3 is 2.16 bits per heavy atom. The third-order valence-corrected chi connectivity index (χ3v) is 6.52. The van der Waals surface area contributed by atoms with Crippen LogP contribution in [0.4, 0.5) is 17.1 Å². The van der Waals surface area contributed by atoms with Crippen molar-refractivity contribution in [3.63, 3.8) is 0 Å². The lowest BCUT2D eigenvalue weighted by atomic mass is 10.1. The van der Waals surface area contributed by atoms with Crippen LogP contribution in [0, 0.1) is 0 Å². The van der Waals surface area contributed by atoms with Gasteiger partial charge in [0.2, 0.25) is 0 Å². The number of anilines is 3. The summed E-state index contributed by atoms with van der Waals surface area (Å²) in [6, 6.07) is 9.15. The van der Waals surface area contributed by atoms with Crippen molar-refractivity contribution in [2.75, 3.05) is 38.1 Å². The van der Waals surface area contributed by atoms with Gasteiger partial charge in [-0.3, -0.25) is 4.79 Å². The molecule has 37 heavy (non-hydrogen) atoms. The minimum Gasteiger partial charge on any atom is -0.497 e. The average molecular weight is 505 g/mol. The Morgan fingerprint density at radius 1 is 0.838 bits per heavy atom. The number of ether oxygens (including phenoxy) is 3. The molecule has 3 rings (SSSR count). The number of carbonyl (C=O) groups excluding carboxylic acids is 1. The number of carbonyl (C=O) groups is 1. The first-order chi connectivity index (χ1) is 17.8. The Labute approximate surface area is 221 Å². The minimum absolute atomic E-state index is 0.116. The van der Waals surface area contributed by atoms with E-state index in [4.69, 9.17) is 14.2 Å². The number of allylic oxidation sites excluding steroid dienone is 5. The zero-order valence-corrected chi connectivity index (χ0v) is 23.2. The number of para-hydroxylation sites is 1. The van der Waals surface area contributed by atoms with Crippen LogP contribution in [0.25, 0.3) is 0 Å². The summed E-state index contributed by atoms with van der Waals surface area (Å²) < 4.78 is 16.8. The summed E-state index contributed by atoms with van der Waals surface area (Å²) >= 11 is 0. The maximum Gasteiger partial charge on any atom is 0.260 e. The van der Waals surface area contributed by atoms with Crippen LogP contribution in [-0.4, -0.2) is 33.8 Å². The van der Waals surface area contributed by atoms with Crippen LogP contribution in [-0.2, 0) is 0 Å². The fourth-order valence-electron chi connectivity index (χ4n) is 4.35. The molecule has 0 fully saturated rings. The number of methoxy groups -OCH3 is 3. The normalized spacial score (nSPS) is 13.3. The molecule has 1 aliphatic rings. The number of benzene rings is 2. The maximum atomic E-state index is 13.8. The summed E-state index contributed by atoms with van der Waals surface area (Å²) in [4.78, 5) is 15.6. The monoisotopic (exact) mass is 504 g/mol. The van der Waals surface area contributed by atoms with E-state index >= 15 is 0 Å². The third-order valence-electron chi connectivity index (χ3n) is 6.52. The Kier molecular flexibility index (Phi) is 9.84. The molecule has 198 valence electrons. The van der Waals surface area contributed by atoms with Crippen molar-refractivity contribution >= 4 is 23.0 Å². The van der Waals surface area contributed by atoms with E-state index in [1.54, 1.807) is 26.2 Å². The molecule has 6 nitrogen and oxygen atoms in total. The molecule has 2 aromatic rings. The van der Waals surface area contributed by atoms with Gasteiger partial charge in [0.05, 0.1) is 38.3 Å². The quantitative estimate of drug-likeness (QED) is 0.316. The molecule has 1 heterocycles. The van der Waals surface area contributed by atoms with E-state index in [-0.39, 0.29) is 5.91 Å². The molecule has 0 bridgehead atoms. The highest BCUT2D eigenvalue weighted by Gasteiger charge is 2.30. The Morgan fingerprint density at radius 2 is 1.51 bits per heavy atom. The smallest absolute Gasteiger partial charge is 0.260 e. The highest BCUT2D eigenvalue weighted by Crippen LogP contribution is 2.46. The number of nitrogens with one attached hydrogen (secondary N) is 1. The van der Waals surface area contributed by atoms with Gasteiger partial charge in [-0.25, -0.2) is 0 Å². The molecule has 0 spiro atoms. The van der Waals surface area contributed by atoms with E-state index in [0.29, 0.717) is 46.4 Å². The summed E-state index contributed by atoms with van der Waals surface area (Å²) in [7, 11) is 4.81. The molecular formula is C31H40N2O4. The average Bonchev–Trinajstić information content (AvgIpc) is 3.00. The van der Waals surface area contributed by atoms with Crippen molar-refractivity contribution in [2.24, 2.45) is 0 Å². The molecule has 0 atom stereocenters. The first-order valence-electron chi connectivity index (χ1n) is 12.8. The molecule has 0 aromatic heterocycles. The van der Waals surface area contributed by atoms with E-state index in [9.17, 15) is 4.79 Å². The van der Waals surface area contributed by atoms with E-state index in [1.807, 2.05) is 30.3 Å². The van der Waals surface area contributed by atoms with Gasteiger partial charge in [0.1, 0.15) is 22.9 Å². The number of amides is 1. The molecule has 0 aliphatic carbocycles. The number of hydrogen-bond donors (Lipinski definition) is 1. The van der Waals surface area contributed by atoms with Crippen molar-refractivity contribution in [3.8, 4) is 17.2 Å². The number of rotatable bonds is 11. The van der Waals surface area contributed by atoms with E-state index in [0.717, 1.165) is 25.7 Å². The van der Waals surface area contributed by atoms with Crippen molar-refractivity contribution in [1.29, 1.82) is 0 Å². The fourth-order valence-corrected chi connectivity index (χ4v) is 4.35. The topological polar surface area (TPSA) is 60.0 Å². The van der Waals surface area contributed by atoms with Gasteiger partial charge in [0.15, 0.2) is 0 Å². The second kappa shape index (κ2) is 13.0. The second-order valence-electron chi connectivity index (χ2n) is 9.61. The van der Waals surface area contributed by atoms with Crippen LogP contribution in [0.15, 0.2) is 65.3 Å². The molecule has 0 unspecified atom stereocenters. The van der Waals surface area contributed by atoms with Gasteiger partial charge in [0, 0.05) is 18.7 Å². The number of hydrogen-bond acceptors (Lipinski definition) is 5. The van der Waals surface area contributed by atoms with Gasteiger partial charge >= 0.3 is 0 Å². The first-order valence-corrected chi connectivity index (χ1v) is 12.8. The molecule has 0 saturated heterocycles. The molecule has 2 aromatic carbocycles. The minimum atomic E-state index is -0.116. The zero-order valence-electron chi connectivity index (χ0n) is 23.2. The van der Waals surface area contributed by atoms with Gasteiger partial charge in [0.25, 0.3) is 5.91 Å². The van der Waals surface area contributed by atoms with Crippen LogP contribution in [0.5, 0.6) is 17.2 Å². The summed E-state index contributed by atoms with van der Waals surface area (Å²) in [6.45, 7) is 9.02. The van der Waals surface area contributed by atoms with Crippen molar-refractivity contribution < 1.29 is 19.0 Å². The van der Waals surface area contributed by atoms with E-state index < -0.39 is 0 Å².